The van der Waals surface area contributed by atoms with Crippen molar-refractivity contribution in [3.63, 3.8) is 0 Å². The van der Waals surface area contributed by atoms with Gasteiger partial charge in [-0.1, -0.05) is 24.3 Å². The Hall–Kier alpha value is -1.94. The molecule has 2 N–H and O–H groups in total. The van der Waals surface area contributed by atoms with Crippen LogP contribution < -0.4 is 5.73 Å². The van der Waals surface area contributed by atoms with Gasteiger partial charge in [-0.05, 0) is 36.8 Å². The predicted molar refractivity (Wildman–Crippen MR) is 79.4 cm³/mol. The fraction of sp³-hybridized carbons (Fsp3) is 0.375. The summed E-state index contributed by atoms with van der Waals surface area (Å²) < 4.78 is 0. The Morgan fingerprint density at radius 2 is 2.20 bits per heavy atom. The molecule has 0 bridgehead atoms. The Balaban J connectivity index is 1.86. The van der Waals surface area contributed by atoms with Gasteiger partial charge in [0.1, 0.15) is 5.69 Å². The van der Waals surface area contributed by atoms with Gasteiger partial charge in [-0.25, -0.2) is 0 Å². The predicted octanol–water partition coefficient (Wildman–Crippen LogP) is 2.05. The average Bonchev–Trinajstić information content (AvgIpc) is 2.95. The van der Waals surface area contributed by atoms with Crippen LogP contribution in [0.3, 0.4) is 0 Å². The van der Waals surface area contributed by atoms with Crippen molar-refractivity contribution >= 4 is 16.7 Å². The number of likely N-dealkylation sites (tertiary alicyclic amines) is 1. The molecule has 1 aliphatic rings. The number of amides is 1. The number of nitrogens with two attached hydrogens (primary N) is 1. The maximum absolute atomic E-state index is 12.6. The van der Waals surface area contributed by atoms with Crippen molar-refractivity contribution in [3.8, 4) is 0 Å². The van der Waals surface area contributed by atoms with Gasteiger partial charge in [0.05, 0.1) is 0 Å². The monoisotopic (exact) mass is 269 g/mol. The van der Waals surface area contributed by atoms with Gasteiger partial charge in [0.25, 0.3) is 5.91 Å². The Kier molecular flexibility index (Phi) is 3.65. The number of benzene rings is 1. The number of pyridine rings is 1. The minimum Gasteiger partial charge on any atom is -0.337 e. The molecule has 1 aromatic heterocycles. The highest BCUT2D eigenvalue weighted by Crippen LogP contribution is 2.23. The summed E-state index contributed by atoms with van der Waals surface area (Å²) in [5.74, 6) is 0.584. The minimum absolute atomic E-state index is 0.0429. The number of aromatic nitrogens is 1. The Morgan fingerprint density at radius 3 is 3.05 bits per heavy atom. The van der Waals surface area contributed by atoms with Crippen molar-refractivity contribution in [2.24, 2.45) is 11.7 Å². The Bertz CT molecular complexity index is 621. The lowest BCUT2D eigenvalue weighted by molar-refractivity contribution is 0.0783. The summed E-state index contributed by atoms with van der Waals surface area (Å²) in [5.41, 5.74) is 6.17. The molecule has 4 heteroatoms. The van der Waals surface area contributed by atoms with Crippen molar-refractivity contribution in [1.29, 1.82) is 0 Å². The second-order valence-corrected chi connectivity index (χ2v) is 5.36. The second-order valence-electron chi connectivity index (χ2n) is 5.36. The summed E-state index contributed by atoms with van der Waals surface area (Å²) in [7, 11) is 0. The van der Waals surface area contributed by atoms with Crippen LogP contribution in [-0.2, 0) is 0 Å². The van der Waals surface area contributed by atoms with E-state index in [0.717, 1.165) is 36.7 Å². The van der Waals surface area contributed by atoms with E-state index in [1.165, 1.54) is 0 Å². The Morgan fingerprint density at radius 1 is 1.35 bits per heavy atom. The quantitative estimate of drug-likeness (QED) is 0.927. The molecule has 2 heterocycles. The highest BCUT2D eigenvalue weighted by molar-refractivity contribution is 6.05. The third-order valence-corrected chi connectivity index (χ3v) is 4.02. The minimum atomic E-state index is 0.0429. The molecule has 0 aliphatic carbocycles. The molecule has 4 nitrogen and oxygen atoms in total. The number of hydrogen-bond acceptors (Lipinski definition) is 3. The highest BCUT2D eigenvalue weighted by atomic mass is 16.2. The third kappa shape index (κ3) is 2.39. The first kappa shape index (κ1) is 13.1. The lowest BCUT2D eigenvalue weighted by Crippen LogP contribution is -2.29. The van der Waals surface area contributed by atoms with E-state index in [1.54, 1.807) is 6.20 Å². The largest absolute Gasteiger partial charge is 0.337 e. The first-order chi connectivity index (χ1) is 9.79. The van der Waals surface area contributed by atoms with Crippen LogP contribution in [0.5, 0.6) is 0 Å². The van der Waals surface area contributed by atoms with Crippen LogP contribution in [0, 0.1) is 5.92 Å². The Labute approximate surface area is 118 Å². The van der Waals surface area contributed by atoms with Crippen LogP contribution in [0.1, 0.15) is 23.3 Å². The third-order valence-electron chi connectivity index (χ3n) is 4.02. The van der Waals surface area contributed by atoms with Gasteiger partial charge in [0.15, 0.2) is 0 Å². The number of nitrogens with zero attached hydrogens (tertiary/aromatic N) is 2. The normalized spacial score (nSPS) is 18.6. The van der Waals surface area contributed by atoms with E-state index in [4.69, 9.17) is 5.73 Å². The van der Waals surface area contributed by atoms with Gasteiger partial charge in [0.2, 0.25) is 0 Å². The smallest absolute Gasteiger partial charge is 0.273 e. The summed E-state index contributed by atoms with van der Waals surface area (Å²) in [4.78, 5) is 18.9. The molecular weight excluding hydrogens is 250 g/mol. The van der Waals surface area contributed by atoms with Crippen LogP contribution in [0.4, 0.5) is 0 Å². The maximum Gasteiger partial charge on any atom is 0.273 e. The fourth-order valence-corrected chi connectivity index (χ4v) is 2.93. The molecule has 20 heavy (non-hydrogen) atoms. The number of carbonyl (C=O) groups excluding carboxylic acids is 1. The standard InChI is InChI=1S/C16H19N3O/c17-8-5-12-7-10-19(11-12)16(20)15-14-4-2-1-3-13(14)6-9-18-15/h1-4,6,9,12H,5,7-8,10-11,17H2. The number of rotatable bonds is 3. The fourth-order valence-electron chi connectivity index (χ4n) is 2.93. The van der Waals surface area contributed by atoms with E-state index in [2.05, 4.69) is 4.98 Å². The van der Waals surface area contributed by atoms with Gasteiger partial charge in [-0.15, -0.1) is 0 Å². The number of fused-ring (bicyclic) bond motifs is 1. The molecule has 1 atom stereocenters. The molecule has 1 saturated heterocycles. The summed E-state index contributed by atoms with van der Waals surface area (Å²) in [6.45, 7) is 2.31. The van der Waals surface area contributed by atoms with Crippen LogP contribution in [0.25, 0.3) is 10.8 Å². The lowest BCUT2D eigenvalue weighted by Gasteiger charge is -2.17. The first-order valence-corrected chi connectivity index (χ1v) is 7.12. The van der Waals surface area contributed by atoms with E-state index < -0.39 is 0 Å². The maximum atomic E-state index is 12.6. The van der Waals surface area contributed by atoms with Crippen LogP contribution in [0.2, 0.25) is 0 Å². The van der Waals surface area contributed by atoms with Crippen LogP contribution in [-0.4, -0.2) is 35.4 Å². The van der Waals surface area contributed by atoms with Crippen molar-refractivity contribution < 1.29 is 4.79 Å². The van der Waals surface area contributed by atoms with Gasteiger partial charge in [-0.2, -0.15) is 0 Å². The van der Waals surface area contributed by atoms with Crippen molar-refractivity contribution in [2.75, 3.05) is 19.6 Å². The van der Waals surface area contributed by atoms with Gasteiger partial charge < -0.3 is 10.6 Å². The zero-order valence-corrected chi connectivity index (χ0v) is 11.5. The van der Waals surface area contributed by atoms with Crippen LogP contribution in [0.15, 0.2) is 36.5 Å². The topological polar surface area (TPSA) is 59.2 Å². The van der Waals surface area contributed by atoms with E-state index in [0.29, 0.717) is 18.2 Å². The molecule has 0 spiro atoms. The molecule has 0 saturated carbocycles. The molecule has 3 rings (SSSR count). The van der Waals surface area contributed by atoms with Crippen molar-refractivity contribution in [1.82, 2.24) is 9.88 Å². The molecule has 1 fully saturated rings. The molecule has 2 aromatic rings. The van der Waals surface area contributed by atoms with Gasteiger partial charge in [-0.3, -0.25) is 9.78 Å². The van der Waals surface area contributed by atoms with Gasteiger partial charge in [0, 0.05) is 24.7 Å². The highest BCUT2D eigenvalue weighted by Gasteiger charge is 2.27. The summed E-state index contributed by atoms with van der Waals surface area (Å²) in [6, 6.07) is 9.83. The summed E-state index contributed by atoms with van der Waals surface area (Å²) >= 11 is 0. The molecule has 104 valence electrons. The van der Waals surface area contributed by atoms with Gasteiger partial charge >= 0.3 is 0 Å². The van der Waals surface area contributed by atoms with Crippen LogP contribution >= 0.6 is 0 Å². The van der Waals surface area contributed by atoms with E-state index in [-0.39, 0.29) is 5.91 Å². The van der Waals surface area contributed by atoms with E-state index in [1.807, 2.05) is 35.2 Å². The molecule has 1 aromatic carbocycles. The number of carbonyl (C=O) groups is 1. The SMILES string of the molecule is NCCC1CCN(C(=O)c2nccc3ccccc23)C1. The summed E-state index contributed by atoms with van der Waals surface area (Å²) in [5, 5.41) is 1.99. The molecule has 0 radical (unpaired) electrons. The second kappa shape index (κ2) is 5.59. The summed E-state index contributed by atoms with van der Waals surface area (Å²) in [6.07, 6.45) is 3.75. The van der Waals surface area contributed by atoms with Crippen molar-refractivity contribution in [2.45, 2.75) is 12.8 Å². The number of hydrogen-bond donors (Lipinski definition) is 1. The average molecular weight is 269 g/mol. The zero-order valence-electron chi connectivity index (χ0n) is 11.5. The molecular formula is C16H19N3O. The zero-order chi connectivity index (χ0) is 13.9. The lowest BCUT2D eigenvalue weighted by atomic mass is 10.1. The molecule has 1 amide bonds. The van der Waals surface area contributed by atoms with Crippen molar-refractivity contribution in [3.05, 3.63) is 42.2 Å². The van der Waals surface area contributed by atoms with E-state index in [9.17, 15) is 4.79 Å². The molecule has 1 unspecified atom stereocenters. The molecule has 1 aliphatic heterocycles. The van der Waals surface area contributed by atoms with E-state index >= 15 is 0 Å². The first-order valence-electron chi connectivity index (χ1n) is 7.12.